The molecule has 2 aliphatic heterocycles. The highest BCUT2D eigenvalue weighted by Gasteiger charge is 2.45. The molecule has 3 heterocycles. The molecule has 2 saturated heterocycles. The summed E-state index contributed by atoms with van der Waals surface area (Å²) in [5, 5.41) is 2.98. The lowest BCUT2D eigenvalue weighted by atomic mass is 9.74. The van der Waals surface area contributed by atoms with E-state index in [1.165, 1.54) is 0 Å². The smallest absolute Gasteiger partial charge is 0.262 e. The van der Waals surface area contributed by atoms with Crippen molar-refractivity contribution in [2.75, 3.05) is 20.2 Å². The molecule has 3 N–H and O–H groups in total. The quantitative estimate of drug-likeness (QED) is 0.584. The van der Waals surface area contributed by atoms with Gasteiger partial charge in [0.25, 0.3) is 5.92 Å². The van der Waals surface area contributed by atoms with Crippen molar-refractivity contribution in [2.45, 2.75) is 56.3 Å². The monoisotopic (exact) mass is 485 g/mol. The van der Waals surface area contributed by atoms with Gasteiger partial charge in [-0.3, -0.25) is 20.1 Å². The van der Waals surface area contributed by atoms with E-state index in [2.05, 4.69) is 21.2 Å². The SMILES string of the molecule is COc1ccccc1CN1CC(NC(=O)C2CCC3NNC(c4ccncc4)C3C2)CC(F)(F)C1. The van der Waals surface area contributed by atoms with E-state index in [4.69, 9.17) is 4.74 Å². The second-order valence-corrected chi connectivity index (χ2v) is 10.1. The highest BCUT2D eigenvalue weighted by molar-refractivity contribution is 5.79. The number of piperidine rings is 1. The van der Waals surface area contributed by atoms with Crippen LogP contribution >= 0.6 is 0 Å². The zero-order valence-electron chi connectivity index (χ0n) is 19.9. The first-order valence-electron chi connectivity index (χ1n) is 12.4. The number of pyridine rings is 1. The summed E-state index contributed by atoms with van der Waals surface area (Å²) < 4.78 is 34.7. The largest absolute Gasteiger partial charge is 0.496 e. The topological polar surface area (TPSA) is 78.5 Å². The number of carbonyl (C=O) groups excluding carboxylic acids is 1. The molecule has 5 atom stereocenters. The molecule has 35 heavy (non-hydrogen) atoms. The van der Waals surface area contributed by atoms with Gasteiger partial charge in [0.05, 0.1) is 19.7 Å². The minimum Gasteiger partial charge on any atom is -0.496 e. The maximum absolute atomic E-state index is 14.7. The first-order valence-corrected chi connectivity index (χ1v) is 12.4. The summed E-state index contributed by atoms with van der Waals surface area (Å²) in [7, 11) is 1.58. The number of hydrogen-bond donors (Lipinski definition) is 3. The number of benzene rings is 1. The predicted molar refractivity (Wildman–Crippen MR) is 128 cm³/mol. The summed E-state index contributed by atoms with van der Waals surface area (Å²) in [4.78, 5) is 19.0. The van der Waals surface area contributed by atoms with E-state index in [1.807, 2.05) is 36.4 Å². The molecule has 7 nitrogen and oxygen atoms in total. The fraction of sp³-hybridized carbons (Fsp3) is 0.538. The number of fused-ring (bicyclic) bond motifs is 1. The van der Waals surface area contributed by atoms with E-state index >= 15 is 0 Å². The lowest BCUT2D eigenvalue weighted by Crippen LogP contribution is -2.56. The Labute approximate surface area is 204 Å². The molecule has 0 radical (unpaired) electrons. The zero-order chi connectivity index (χ0) is 24.4. The van der Waals surface area contributed by atoms with E-state index < -0.39 is 12.0 Å². The molecular weight excluding hydrogens is 452 g/mol. The van der Waals surface area contributed by atoms with Gasteiger partial charge < -0.3 is 10.1 Å². The van der Waals surface area contributed by atoms with Crippen LogP contribution in [0.25, 0.3) is 0 Å². The Morgan fingerprint density at radius 2 is 2.00 bits per heavy atom. The molecular formula is C26H33F2N5O2. The second kappa shape index (κ2) is 10.2. The fourth-order valence-electron chi connectivity index (χ4n) is 6.00. The van der Waals surface area contributed by atoms with Crippen LogP contribution in [0.3, 0.4) is 0 Å². The number of rotatable bonds is 6. The number of para-hydroxylation sites is 1. The van der Waals surface area contributed by atoms with Crippen molar-refractivity contribution in [1.29, 1.82) is 0 Å². The summed E-state index contributed by atoms with van der Waals surface area (Å²) in [6, 6.07) is 11.3. The van der Waals surface area contributed by atoms with Gasteiger partial charge in [0.15, 0.2) is 0 Å². The number of alkyl halides is 2. The number of ether oxygens (including phenoxy) is 1. The van der Waals surface area contributed by atoms with Crippen molar-refractivity contribution >= 4 is 5.91 Å². The highest BCUT2D eigenvalue weighted by Crippen LogP contribution is 2.40. The Morgan fingerprint density at radius 3 is 2.80 bits per heavy atom. The van der Waals surface area contributed by atoms with Gasteiger partial charge in [-0.1, -0.05) is 18.2 Å². The number of nitrogens with zero attached hydrogens (tertiary/aromatic N) is 2. The molecule has 3 aliphatic rings. The number of methoxy groups -OCH3 is 1. The molecule has 188 valence electrons. The molecule has 0 spiro atoms. The van der Waals surface area contributed by atoms with Crippen molar-refractivity contribution in [3.8, 4) is 5.75 Å². The first-order chi connectivity index (χ1) is 16.9. The van der Waals surface area contributed by atoms with Crippen LogP contribution in [0, 0.1) is 11.8 Å². The standard InChI is InChI=1S/C26H33F2N5O2/c1-35-23-5-3-2-4-19(23)14-33-15-20(13-26(27,28)16-33)30-25(34)18-6-7-22-21(12-18)24(32-31-22)17-8-10-29-11-9-17/h2-5,8-11,18,20-22,24,31-32H,6-7,12-16H2,1H3,(H,30,34). The van der Waals surface area contributed by atoms with E-state index in [0.717, 1.165) is 30.4 Å². The number of halogens is 2. The molecule has 1 amide bonds. The molecule has 0 bridgehead atoms. The number of aromatic nitrogens is 1. The lowest BCUT2D eigenvalue weighted by Gasteiger charge is -2.39. The molecule has 1 saturated carbocycles. The highest BCUT2D eigenvalue weighted by atomic mass is 19.3. The third kappa shape index (κ3) is 5.47. The molecule has 5 rings (SSSR count). The van der Waals surface area contributed by atoms with Gasteiger partial charge >= 0.3 is 0 Å². The molecule has 3 fully saturated rings. The van der Waals surface area contributed by atoms with E-state index in [-0.39, 0.29) is 36.8 Å². The lowest BCUT2D eigenvalue weighted by molar-refractivity contribution is -0.130. The molecule has 5 unspecified atom stereocenters. The maximum Gasteiger partial charge on any atom is 0.262 e. The van der Waals surface area contributed by atoms with Crippen LogP contribution in [0.2, 0.25) is 0 Å². The minimum atomic E-state index is -2.86. The van der Waals surface area contributed by atoms with Crippen LogP contribution in [0.1, 0.15) is 42.9 Å². The summed E-state index contributed by atoms with van der Waals surface area (Å²) in [6.45, 7) is 0.417. The zero-order valence-corrected chi connectivity index (χ0v) is 19.9. The van der Waals surface area contributed by atoms with Crippen molar-refractivity contribution < 1.29 is 18.3 Å². The molecule has 1 aromatic carbocycles. The first kappa shape index (κ1) is 24.1. The number of nitrogens with one attached hydrogen (secondary N) is 3. The number of likely N-dealkylation sites (tertiary alicyclic amines) is 1. The number of amides is 1. The fourth-order valence-corrected chi connectivity index (χ4v) is 6.00. The minimum absolute atomic E-state index is 0.106. The Morgan fingerprint density at radius 1 is 1.20 bits per heavy atom. The number of hydrazine groups is 1. The van der Waals surface area contributed by atoms with Gasteiger partial charge in [-0.2, -0.15) is 0 Å². The van der Waals surface area contributed by atoms with Crippen molar-refractivity contribution in [1.82, 2.24) is 26.1 Å². The van der Waals surface area contributed by atoms with Crippen LogP contribution in [-0.2, 0) is 11.3 Å². The van der Waals surface area contributed by atoms with Gasteiger partial charge in [-0.25, -0.2) is 14.2 Å². The van der Waals surface area contributed by atoms with Gasteiger partial charge in [0.2, 0.25) is 5.91 Å². The van der Waals surface area contributed by atoms with Crippen LogP contribution in [0.15, 0.2) is 48.8 Å². The summed E-state index contributed by atoms with van der Waals surface area (Å²) in [5.74, 6) is -2.20. The normalized spacial score (nSPS) is 30.4. The molecule has 9 heteroatoms. The van der Waals surface area contributed by atoms with Gasteiger partial charge in [0.1, 0.15) is 5.75 Å². The Kier molecular flexibility index (Phi) is 7.00. The molecule has 1 aliphatic carbocycles. The summed E-state index contributed by atoms with van der Waals surface area (Å²) >= 11 is 0. The number of hydrogen-bond acceptors (Lipinski definition) is 6. The van der Waals surface area contributed by atoms with Crippen LogP contribution in [-0.4, -0.2) is 54.0 Å². The van der Waals surface area contributed by atoms with Crippen LogP contribution < -0.4 is 20.9 Å². The average molecular weight is 486 g/mol. The van der Waals surface area contributed by atoms with Gasteiger partial charge in [-0.15, -0.1) is 0 Å². The predicted octanol–water partition coefficient (Wildman–Crippen LogP) is 3.05. The average Bonchev–Trinajstić information content (AvgIpc) is 3.27. The van der Waals surface area contributed by atoms with Crippen LogP contribution in [0.4, 0.5) is 8.78 Å². The third-order valence-electron chi connectivity index (χ3n) is 7.60. The second-order valence-electron chi connectivity index (χ2n) is 10.1. The van der Waals surface area contributed by atoms with E-state index in [1.54, 1.807) is 24.4 Å². The van der Waals surface area contributed by atoms with Crippen molar-refractivity contribution in [3.63, 3.8) is 0 Å². The summed E-state index contributed by atoms with van der Waals surface area (Å²) in [6.07, 6.45) is 5.56. The Hall–Kier alpha value is -2.62. The van der Waals surface area contributed by atoms with Gasteiger partial charge in [0, 0.05) is 55.5 Å². The molecule has 1 aromatic heterocycles. The summed E-state index contributed by atoms with van der Waals surface area (Å²) in [5.41, 5.74) is 8.76. The Bertz CT molecular complexity index is 1020. The molecule has 2 aromatic rings. The van der Waals surface area contributed by atoms with Crippen molar-refractivity contribution in [3.05, 3.63) is 59.9 Å². The maximum atomic E-state index is 14.7. The number of carbonyl (C=O) groups is 1. The van der Waals surface area contributed by atoms with Crippen LogP contribution in [0.5, 0.6) is 5.75 Å². The van der Waals surface area contributed by atoms with Crippen molar-refractivity contribution in [2.24, 2.45) is 11.8 Å². The van der Waals surface area contributed by atoms with E-state index in [0.29, 0.717) is 24.9 Å². The van der Waals surface area contributed by atoms with E-state index in [9.17, 15) is 13.6 Å². The Balaban J connectivity index is 1.22. The third-order valence-corrected chi connectivity index (χ3v) is 7.60. The van der Waals surface area contributed by atoms with Gasteiger partial charge in [-0.05, 0) is 48.9 Å².